The zero-order valence-corrected chi connectivity index (χ0v) is 17.6. The Morgan fingerprint density at radius 1 is 1.07 bits per heavy atom. The van der Waals surface area contributed by atoms with E-state index >= 15 is 0 Å². The number of methoxy groups -OCH3 is 1. The topological polar surface area (TPSA) is 66.8 Å². The molecular weight excluding hydrogens is 402 g/mol. The highest BCUT2D eigenvalue weighted by Gasteiger charge is 2.48. The van der Waals surface area contributed by atoms with Crippen LogP contribution in [0.5, 0.6) is 5.75 Å². The minimum atomic E-state index is -0.654. The number of carbonyl (C=O) groups is 2. The Morgan fingerprint density at radius 3 is 2.40 bits per heavy atom. The fourth-order valence-electron chi connectivity index (χ4n) is 4.52. The van der Waals surface area contributed by atoms with Gasteiger partial charge in [0.25, 0.3) is 11.7 Å². The Bertz CT molecular complexity index is 996. The summed E-state index contributed by atoms with van der Waals surface area (Å²) >= 11 is 6.23. The van der Waals surface area contributed by atoms with E-state index in [1.54, 1.807) is 23.1 Å². The third kappa shape index (κ3) is 3.58. The van der Waals surface area contributed by atoms with Crippen LogP contribution in [-0.4, -0.2) is 34.8 Å². The van der Waals surface area contributed by atoms with Crippen LogP contribution in [0.4, 0.5) is 0 Å². The molecule has 1 amide bonds. The second-order valence-corrected chi connectivity index (χ2v) is 8.17. The Hall–Kier alpha value is -2.79. The first kappa shape index (κ1) is 20.5. The number of aliphatic hydroxyl groups is 1. The van der Waals surface area contributed by atoms with Crippen molar-refractivity contribution in [2.75, 3.05) is 7.11 Å². The molecule has 5 nitrogen and oxygen atoms in total. The molecule has 0 spiro atoms. The van der Waals surface area contributed by atoms with Gasteiger partial charge < -0.3 is 14.7 Å². The Balaban J connectivity index is 1.85. The van der Waals surface area contributed by atoms with Crippen molar-refractivity contribution >= 4 is 29.1 Å². The summed E-state index contributed by atoms with van der Waals surface area (Å²) in [6.07, 6.45) is 4.93. The van der Waals surface area contributed by atoms with Crippen LogP contribution in [0.2, 0.25) is 5.02 Å². The molecule has 4 rings (SSSR count). The van der Waals surface area contributed by atoms with E-state index in [0.717, 1.165) is 37.7 Å². The maximum atomic E-state index is 13.1. The zero-order valence-electron chi connectivity index (χ0n) is 16.8. The molecule has 1 unspecified atom stereocenters. The van der Waals surface area contributed by atoms with E-state index in [9.17, 15) is 14.7 Å². The largest absolute Gasteiger partial charge is 0.507 e. The number of hydrogen-bond donors (Lipinski definition) is 1. The normalized spacial score (nSPS) is 21.8. The summed E-state index contributed by atoms with van der Waals surface area (Å²) in [5, 5.41) is 11.4. The van der Waals surface area contributed by atoms with Gasteiger partial charge in [0.2, 0.25) is 0 Å². The monoisotopic (exact) mass is 425 g/mol. The number of benzene rings is 2. The molecule has 0 bridgehead atoms. The van der Waals surface area contributed by atoms with Gasteiger partial charge in [0, 0.05) is 11.6 Å². The van der Waals surface area contributed by atoms with Gasteiger partial charge in [-0.3, -0.25) is 9.59 Å². The summed E-state index contributed by atoms with van der Waals surface area (Å²) in [5.41, 5.74) is 1.30. The van der Waals surface area contributed by atoms with Crippen LogP contribution in [0.25, 0.3) is 5.76 Å². The fourth-order valence-corrected chi connectivity index (χ4v) is 4.78. The highest BCUT2D eigenvalue weighted by Crippen LogP contribution is 2.43. The molecule has 1 aliphatic heterocycles. The van der Waals surface area contributed by atoms with Crippen molar-refractivity contribution in [1.29, 1.82) is 0 Å². The van der Waals surface area contributed by atoms with E-state index < -0.39 is 17.7 Å². The number of ether oxygens (including phenoxy) is 1. The van der Waals surface area contributed by atoms with E-state index in [2.05, 4.69) is 0 Å². The summed E-state index contributed by atoms with van der Waals surface area (Å²) in [4.78, 5) is 27.9. The molecule has 0 aromatic heterocycles. The number of rotatable bonds is 4. The van der Waals surface area contributed by atoms with E-state index in [0.29, 0.717) is 16.3 Å². The maximum Gasteiger partial charge on any atom is 0.295 e. The lowest BCUT2D eigenvalue weighted by molar-refractivity contribution is -0.141. The van der Waals surface area contributed by atoms with Crippen molar-refractivity contribution in [3.63, 3.8) is 0 Å². The number of aliphatic hydroxyl groups excluding tert-OH is 1. The number of halogens is 1. The van der Waals surface area contributed by atoms with Gasteiger partial charge in [-0.2, -0.15) is 0 Å². The van der Waals surface area contributed by atoms with E-state index in [-0.39, 0.29) is 17.4 Å². The van der Waals surface area contributed by atoms with Gasteiger partial charge in [-0.1, -0.05) is 61.2 Å². The minimum absolute atomic E-state index is 0.00911. The van der Waals surface area contributed by atoms with Crippen LogP contribution in [0.15, 0.2) is 54.1 Å². The third-order valence-electron chi connectivity index (χ3n) is 5.99. The van der Waals surface area contributed by atoms with Gasteiger partial charge in [-0.25, -0.2) is 0 Å². The number of carbonyl (C=O) groups excluding carboxylic acids is 2. The lowest BCUT2D eigenvalue weighted by Crippen LogP contribution is -2.40. The van der Waals surface area contributed by atoms with Crippen molar-refractivity contribution in [3.8, 4) is 5.75 Å². The molecule has 1 heterocycles. The van der Waals surface area contributed by atoms with Gasteiger partial charge in [0.05, 0.1) is 23.7 Å². The van der Waals surface area contributed by atoms with Gasteiger partial charge in [0.15, 0.2) is 0 Å². The van der Waals surface area contributed by atoms with Gasteiger partial charge in [-0.05, 0) is 36.6 Å². The predicted octanol–water partition coefficient (Wildman–Crippen LogP) is 5.10. The smallest absolute Gasteiger partial charge is 0.295 e. The van der Waals surface area contributed by atoms with Crippen molar-refractivity contribution < 1.29 is 19.4 Å². The minimum Gasteiger partial charge on any atom is -0.507 e. The highest BCUT2D eigenvalue weighted by molar-refractivity contribution is 6.46. The number of amides is 1. The molecule has 2 aliphatic rings. The Morgan fingerprint density at radius 2 is 1.77 bits per heavy atom. The zero-order chi connectivity index (χ0) is 21.3. The summed E-state index contributed by atoms with van der Waals surface area (Å²) in [7, 11) is 1.51. The first-order chi connectivity index (χ1) is 14.5. The van der Waals surface area contributed by atoms with Gasteiger partial charge >= 0.3 is 0 Å². The number of likely N-dealkylation sites (tertiary alicyclic amines) is 1. The number of ketones is 1. The molecule has 2 aromatic carbocycles. The summed E-state index contributed by atoms with van der Waals surface area (Å²) < 4.78 is 5.17. The number of nitrogens with zero attached hydrogens (tertiary/aromatic N) is 1. The molecule has 2 aromatic rings. The summed E-state index contributed by atoms with van der Waals surface area (Å²) in [6, 6.07) is 13.6. The Kier molecular flexibility index (Phi) is 5.82. The molecule has 6 heteroatoms. The molecule has 156 valence electrons. The van der Waals surface area contributed by atoms with Gasteiger partial charge in [0.1, 0.15) is 11.5 Å². The van der Waals surface area contributed by atoms with Gasteiger partial charge in [-0.15, -0.1) is 0 Å². The molecule has 1 N–H and O–H groups in total. The van der Waals surface area contributed by atoms with Crippen LogP contribution in [-0.2, 0) is 9.59 Å². The molecule has 1 atom stereocenters. The van der Waals surface area contributed by atoms with Crippen molar-refractivity contribution in [3.05, 3.63) is 70.3 Å². The number of Topliss-reactive ketones (excluding diaryl/α,β-unsaturated/α-hetero) is 1. The van der Waals surface area contributed by atoms with Crippen LogP contribution < -0.4 is 4.74 Å². The quantitative estimate of drug-likeness (QED) is 0.420. The van der Waals surface area contributed by atoms with E-state index in [4.69, 9.17) is 16.3 Å². The average molecular weight is 426 g/mol. The molecule has 2 fully saturated rings. The first-order valence-corrected chi connectivity index (χ1v) is 10.6. The standard InChI is InChI=1S/C24H24ClNO4/c1-30-19-13-12-16(14-18(19)25)22(27)20-21(15-8-4-2-5-9-15)26(24(29)23(20)28)17-10-6-3-7-11-17/h2,4-5,8-9,12-14,17,21,27H,3,6-7,10-11H2,1H3/b22-20-. The Labute approximate surface area is 180 Å². The lowest BCUT2D eigenvalue weighted by Gasteiger charge is -2.35. The molecule has 30 heavy (non-hydrogen) atoms. The SMILES string of the molecule is COc1ccc(/C(O)=C2/C(=O)C(=O)N(C3CCCCC3)C2c2ccccc2)cc1Cl. The number of hydrogen-bond acceptors (Lipinski definition) is 4. The summed E-state index contributed by atoms with van der Waals surface area (Å²) in [6.45, 7) is 0. The van der Waals surface area contributed by atoms with Crippen molar-refractivity contribution in [1.82, 2.24) is 4.90 Å². The molecule has 0 radical (unpaired) electrons. The summed E-state index contributed by atoms with van der Waals surface area (Å²) in [5.74, 6) is -0.948. The predicted molar refractivity (Wildman–Crippen MR) is 115 cm³/mol. The van der Waals surface area contributed by atoms with E-state index in [1.165, 1.54) is 7.11 Å². The van der Waals surface area contributed by atoms with E-state index in [1.807, 2.05) is 30.3 Å². The molecule has 1 aliphatic carbocycles. The van der Waals surface area contributed by atoms with Crippen molar-refractivity contribution in [2.45, 2.75) is 44.2 Å². The maximum absolute atomic E-state index is 13.1. The average Bonchev–Trinajstić information content (AvgIpc) is 3.05. The molecule has 1 saturated carbocycles. The highest BCUT2D eigenvalue weighted by atomic mass is 35.5. The van der Waals surface area contributed by atoms with Crippen LogP contribution in [0.1, 0.15) is 49.3 Å². The van der Waals surface area contributed by atoms with Crippen LogP contribution in [0, 0.1) is 0 Å². The second kappa shape index (κ2) is 8.52. The fraction of sp³-hybridized carbons (Fsp3) is 0.333. The first-order valence-electron chi connectivity index (χ1n) is 10.2. The third-order valence-corrected chi connectivity index (χ3v) is 6.28. The lowest BCUT2D eigenvalue weighted by atomic mass is 9.91. The second-order valence-electron chi connectivity index (χ2n) is 7.76. The molecular formula is C24H24ClNO4. The van der Waals surface area contributed by atoms with Crippen LogP contribution in [0.3, 0.4) is 0 Å². The molecule has 1 saturated heterocycles. The van der Waals surface area contributed by atoms with Crippen LogP contribution >= 0.6 is 11.6 Å². The van der Waals surface area contributed by atoms with Crippen molar-refractivity contribution in [2.24, 2.45) is 0 Å².